The minimum atomic E-state index is 0.525. The molecule has 1 aliphatic rings. The predicted octanol–water partition coefficient (Wildman–Crippen LogP) is 1.42. The summed E-state index contributed by atoms with van der Waals surface area (Å²) in [5.41, 5.74) is 8.26. The Bertz CT molecular complexity index is 225. The number of nitrogens with zero attached hydrogens (tertiary/aromatic N) is 4. The highest BCUT2D eigenvalue weighted by Gasteiger charge is 2.20. The molecule has 0 aromatic heterocycles. The predicted molar refractivity (Wildman–Crippen MR) is 61.3 cm³/mol. The summed E-state index contributed by atoms with van der Waals surface area (Å²) in [7, 11) is 1.70. The summed E-state index contributed by atoms with van der Waals surface area (Å²) in [6.45, 7) is 4.59. The minimum Gasteiger partial charge on any atom is -0.383 e. The van der Waals surface area contributed by atoms with E-state index in [9.17, 15) is 0 Å². The lowest BCUT2D eigenvalue weighted by Crippen LogP contribution is -2.42. The molecule has 1 rings (SSSR count). The van der Waals surface area contributed by atoms with Crippen molar-refractivity contribution in [2.75, 3.05) is 46.6 Å². The minimum absolute atomic E-state index is 0.525. The van der Waals surface area contributed by atoms with E-state index in [0.717, 1.165) is 39.1 Å². The molecule has 0 aromatic carbocycles. The van der Waals surface area contributed by atoms with Crippen molar-refractivity contribution >= 4 is 0 Å². The number of hydrogen-bond donors (Lipinski definition) is 0. The zero-order valence-corrected chi connectivity index (χ0v) is 9.84. The summed E-state index contributed by atoms with van der Waals surface area (Å²) in [6.07, 6.45) is 2.11. The van der Waals surface area contributed by atoms with E-state index in [2.05, 4.69) is 14.9 Å². The van der Waals surface area contributed by atoms with Gasteiger partial charge in [0.15, 0.2) is 0 Å². The van der Waals surface area contributed by atoms with Crippen LogP contribution in [0.2, 0.25) is 0 Å². The van der Waals surface area contributed by atoms with E-state index in [1.165, 1.54) is 0 Å². The summed E-state index contributed by atoms with van der Waals surface area (Å²) in [4.78, 5) is 5.11. The van der Waals surface area contributed by atoms with E-state index in [0.29, 0.717) is 19.2 Å². The molecule has 1 heterocycles. The fraction of sp³-hybridized carbons (Fsp3) is 1.00. The van der Waals surface area contributed by atoms with Crippen LogP contribution >= 0.6 is 0 Å². The smallest absolute Gasteiger partial charge is 0.0589 e. The fourth-order valence-corrected chi connectivity index (χ4v) is 1.95. The van der Waals surface area contributed by atoms with Crippen molar-refractivity contribution in [1.82, 2.24) is 4.90 Å². The van der Waals surface area contributed by atoms with Gasteiger partial charge in [-0.05, 0) is 18.4 Å². The lowest BCUT2D eigenvalue weighted by Gasteiger charge is -2.33. The van der Waals surface area contributed by atoms with Gasteiger partial charge in [0.2, 0.25) is 0 Å². The first-order valence-electron chi connectivity index (χ1n) is 5.70. The Morgan fingerprint density at radius 3 is 2.81 bits per heavy atom. The van der Waals surface area contributed by atoms with Crippen LogP contribution in [0.4, 0.5) is 0 Å². The van der Waals surface area contributed by atoms with E-state index in [-0.39, 0.29) is 0 Å². The van der Waals surface area contributed by atoms with Gasteiger partial charge < -0.3 is 9.47 Å². The van der Waals surface area contributed by atoms with Crippen molar-refractivity contribution in [3.8, 4) is 0 Å². The van der Waals surface area contributed by atoms with Crippen LogP contribution in [0.15, 0.2) is 5.11 Å². The van der Waals surface area contributed by atoms with Crippen molar-refractivity contribution in [2.24, 2.45) is 5.11 Å². The van der Waals surface area contributed by atoms with Crippen LogP contribution in [0.1, 0.15) is 12.8 Å². The molecule has 0 spiro atoms. The Morgan fingerprint density at radius 1 is 1.44 bits per heavy atom. The van der Waals surface area contributed by atoms with Crippen molar-refractivity contribution < 1.29 is 9.47 Å². The van der Waals surface area contributed by atoms with Gasteiger partial charge in [-0.25, -0.2) is 0 Å². The maximum atomic E-state index is 8.26. The zero-order chi connectivity index (χ0) is 11.6. The number of ether oxygens (including phenoxy) is 2. The molecule has 0 radical (unpaired) electrons. The molecule has 0 unspecified atom stereocenters. The number of azide groups is 1. The molecule has 0 N–H and O–H groups in total. The second-order valence-corrected chi connectivity index (χ2v) is 3.83. The second kappa shape index (κ2) is 8.35. The molecular weight excluding hydrogens is 208 g/mol. The van der Waals surface area contributed by atoms with Crippen molar-refractivity contribution in [3.63, 3.8) is 0 Å². The van der Waals surface area contributed by atoms with Crippen LogP contribution in [0.5, 0.6) is 0 Å². The molecule has 1 aliphatic heterocycles. The molecule has 0 saturated carbocycles. The van der Waals surface area contributed by atoms with E-state index in [1.807, 2.05) is 0 Å². The van der Waals surface area contributed by atoms with Gasteiger partial charge in [0.1, 0.15) is 0 Å². The Labute approximate surface area is 96.1 Å². The summed E-state index contributed by atoms with van der Waals surface area (Å²) in [5.74, 6) is 0. The molecule has 0 aliphatic carbocycles. The van der Waals surface area contributed by atoms with Gasteiger partial charge in [0.25, 0.3) is 0 Å². The third-order valence-corrected chi connectivity index (χ3v) is 2.84. The van der Waals surface area contributed by atoms with Crippen molar-refractivity contribution in [1.29, 1.82) is 0 Å². The highest BCUT2D eigenvalue weighted by Crippen LogP contribution is 2.13. The summed E-state index contributed by atoms with van der Waals surface area (Å²) < 4.78 is 10.4. The molecule has 0 aromatic rings. The Hall–Kier alpha value is -0.810. The summed E-state index contributed by atoms with van der Waals surface area (Å²) in [5, 5.41) is 3.58. The molecule has 6 heteroatoms. The molecule has 6 nitrogen and oxygen atoms in total. The largest absolute Gasteiger partial charge is 0.383 e. The highest BCUT2D eigenvalue weighted by molar-refractivity contribution is 4.75. The van der Waals surface area contributed by atoms with Gasteiger partial charge >= 0.3 is 0 Å². The molecule has 1 saturated heterocycles. The Morgan fingerprint density at radius 2 is 2.19 bits per heavy atom. The maximum absolute atomic E-state index is 8.26. The third-order valence-electron chi connectivity index (χ3n) is 2.84. The first-order chi connectivity index (χ1) is 7.88. The highest BCUT2D eigenvalue weighted by atomic mass is 16.5. The average molecular weight is 228 g/mol. The van der Waals surface area contributed by atoms with E-state index in [4.69, 9.17) is 15.0 Å². The third kappa shape index (κ3) is 4.81. The van der Waals surface area contributed by atoms with Gasteiger partial charge in [-0.1, -0.05) is 5.11 Å². The molecule has 0 bridgehead atoms. The summed E-state index contributed by atoms with van der Waals surface area (Å²) >= 11 is 0. The molecule has 0 atom stereocenters. The molecule has 16 heavy (non-hydrogen) atoms. The van der Waals surface area contributed by atoms with E-state index < -0.39 is 0 Å². The van der Waals surface area contributed by atoms with Crippen molar-refractivity contribution in [2.45, 2.75) is 18.9 Å². The van der Waals surface area contributed by atoms with Crippen LogP contribution in [0, 0.1) is 0 Å². The molecule has 92 valence electrons. The number of rotatable bonds is 7. The van der Waals surface area contributed by atoms with E-state index in [1.54, 1.807) is 7.11 Å². The van der Waals surface area contributed by atoms with Gasteiger partial charge in [-0.15, -0.1) is 0 Å². The van der Waals surface area contributed by atoms with Gasteiger partial charge in [0.05, 0.1) is 6.61 Å². The maximum Gasteiger partial charge on any atom is 0.0589 e. The van der Waals surface area contributed by atoms with E-state index >= 15 is 0 Å². The average Bonchev–Trinajstić information content (AvgIpc) is 2.35. The fourth-order valence-electron chi connectivity index (χ4n) is 1.95. The molecule has 0 amide bonds. The van der Waals surface area contributed by atoms with Gasteiger partial charge in [0, 0.05) is 50.9 Å². The number of hydrogen-bond acceptors (Lipinski definition) is 4. The van der Waals surface area contributed by atoms with Crippen LogP contribution in [0.25, 0.3) is 10.4 Å². The van der Waals surface area contributed by atoms with Crippen LogP contribution in [0.3, 0.4) is 0 Å². The van der Waals surface area contributed by atoms with Crippen molar-refractivity contribution in [3.05, 3.63) is 10.4 Å². The molecular formula is C10H20N4O2. The lowest BCUT2D eigenvalue weighted by atomic mass is 10.1. The van der Waals surface area contributed by atoms with Gasteiger partial charge in [-0.2, -0.15) is 0 Å². The SMILES string of the molecule is COCCN(CCN=[N+]=[N-])C1CCOCC1. The molecule has 1 fully saturated rings. The standard InChI is InChI=1S/C10H20N4O2/c1-15-9-6-14(5-4-12-13-11)10-2-7-16-8-3-10/h10H,2-9H2,1H3. The first-order valence-corrected chi connectivity index (χ1v) is 5.70. The topological polar surface area (TPSA) is 70.5 Å². The zero-order valence-electron chi connectivity index (χ0n) is 9.84. The summed E-state index contributed by atoms with van der Waals surface area (Å²) in [6, 6.07) is 0.540. The van der Waals surface area contributed by atoms with Crippen LogP contribution < -0.4 is 0 Å². The number of methoxy groups -OCH3 is 1. The monoisotopic (exact) mass is 228 g/mol. The Kier molecular flexibility index (Phi) is 6.92. The second-order valence-electron chi connectivity index (χ2n) is 3.83. The van der Waals surface area contributed by atoms with Crippen LogP contribution in [-0.4, -0.2) is 57.5 Å². The van der Waals surface area contributed by atoms with Gasteiger partial charge in [-0.3, -0.25) is 4.90 Å². The first kappa shape index (κ1) is 13.3. The Balaban J connectivity index is 2.37. The lowest BCUT2D eigenvalue weighted by molar-refractivity contribution is 0.0258. The van der Waals surface area contributed by atoms with Crippen LogP contribution in [-0.2, 0) is 9.47 Å². The normalized spacial score (nSPS) is 17.4. The quantitative estimate of drug-likeness (QED) is 0.376.